The zero-order valence-corrected chi connectivity index (χ0v) is 29.0. The number of carbonyl (C=O) groups excluding carboxylic acids is 3. The van der Waals surface area contributed by atoms with E-state index in [1.165, 1.54) is 7.11 Å². The molecule has 1 aliphatic heterocycles. The van der Waals surface area contributed by atoms with Crippen molar-refractivity contribution in [2.24, 2.45) is 0 Å². The number of alkyl carbamates (subject to hydrolysis) is 1. The van der Waals surface area contributed by atoms with Gasteiger partial charge >= 0.3 is 6.09 Å². The van der Waals surface area contributed by atoms with Crippen molar-refractivity contribution in [3.63, 3.8) is 0 Å². The fraction of sp³-hybridized carbons (Fsp3) is 0.342. The number of carbonyl (C=O) groups is 3. The monoisotopic (exact) mass is 676 g/mol. The first kappa shape index (κ1) is 34.4. The number of hydrogen-bond acceptors (Lipinski definition) is 7. The minimum Gasteiger partial charge on any atom is -0.453 e. The van der Waals surface area contributed by atoms with Crippen molar-refractivity contribution in [1.29, 1.82) is 0 Å². The number of imidazole rings is 2. The molecule has 50 heavy (non-hydrogen) atoms. The van der Waals surface area contributed by atoms with Crippen LogP contribution < -0.4 is 5.32 Å². The van der Waals surface area contributed by atoms with Gasteiger partial charge in [0.25, 0.3) is 0 Å². The number of benzene rings is 3. The molecule has 3 amide bonds. The third-order valence-electron chi connectivity index (χ3n) is 9.00. The Morgan fingerprint density at radius 3 is 2.28 bits per heavy atom. The zero-order chi connectivity index (χ0) is 35.2. The maximum atomic E-state index is 12.8. The molecule has 0 aliphatic carbocycles. The third-order valence-corrected chi connectivity index (χ3v) is 9.00. The number of aromatic nitrogens is 4. The maximum Gasteiger partial charge on any atom is 0.407 e. The number of aromatic amines is 2. The van der Waals surface area contributed by atoms with Crippen LogP contribution in [-0.2, 0) is 20.9 Å². The van der Waals surface area contributed by atoms with Crippen molar-refractivity contribution in [3.8, 4) is 33.6 Å². The van der Waals surface area contributed by atoms with Gasteiger partial charge in [-0.05, 0) is 73.0 Å². The van der Waals surface area contributed by atoms with Crippen LogP contribution >= 0.6 is 0 Å². The fourth-order valence-electron chi connectivity index (χ4n) is 6.46. The van der Waals surface area contributed by atoms with E-state index < -0.39 is 6.09 Å². The van der Waals surface area contributed by atoms with Gasteiger partial charge in [0.2, 0.25) is 11.8 Å². The lowest BCUT2D eigenvalue weighted by Crippen LogP contribution is -2.40. The summed E-state index contributed by atoms with van der Waals surface area (Å²) in [6.45, 7) is 4.10. The quantitative estimate of drug-likeness (QED) is 0.156. The molecule has 1 fully saturated rings. The summed E-state index contributed by atoms with van der Waals surface area (Å²) in [7, 11) is 5.07. The second-order valence-electron chi connectivity index (χ2n) is 12.9. The molecule has 2 aromatic heterocycles. The lowest BCUT2D eigenvalue weighted by Gasteiger charge is -2.23. The summed E-state index contributed by atoms with van der Waals surface area (Å²) in [5.74, 6) is 1.44. The lowest BCUT2D eigenvalue weighted by atomic mass is 9.98. The number of likely N-dealkylation sites (N-methyl/N-ethyl adjacent to an activating group) is 1. The SMILES string of the molecule is CCCN(Cc1ncc(-c2ccc3cc(-c4ccc(-c5cnc([C@@H]6CCCN6C(=O)CNC(=O)OC)[nH]5)cc4)ccc3c2)[nH]1)C(=O)CN(C)C. The highest BCUT2D eigenvalue weighted by Crippen LogP contribution is 2.33. The van der Waals surface area contributed by atoms with Crippen LogP contribution in [-0.4, -0.2) is 99.9 Å². The van der Waals surface area contributed by atoms with E-state index in [1.54, 1.807) is 11.1 Å². The number of nitrogens with one attached hydrogen (secondary N) is 3. The van der Waals surface area contributed by atoms with Gasteiger partial charge in [-0.25, -0.2) is 14.8 Å². The molecule has 12 nitrogen and oxygen atoms in total. The normalized spacial score (nSPS) is 14.3. The van der Waals surface area contributed by atoms with E-state index in [9.17, 15) is 14.4 Å². The number of H-pyrrole nitrogens is 2. The van der Waals surface area contributed by atoms with E-state index in [4.69, 9.17) is 0 Å². The van der Waals surface area contributed by atoms with Crippen LogP contribution in [0.4, 0.5) is 4.79 Å². The van der Waals surface area contributed by atoms with Crippen molar-refractivity contribution >= 4 is 28.7 Å². The highest BCUT2D eigenvalue weighted by Gasteiger charge is 2.32. The van der Waals surface area contributed by atoms with Crippen LogP contribution in [0.1, 0.15) is 43.9 Å². The average Bonchev–Trinajstić information content (AvgIpc) is 3.91. The van der Waals surface area contributed by atoms with Gasteiger partial charge < -0.3 is 34.7 Å². The molecule has 0 spiro atoms. The maximum absolute atomic E-state index is 12.8. The molecular formula is C38H44N8O4. The molecule has 3 aromatic carbocycles. The zero-order valence-electron chi connectivity index (χ0n) is 29.0. The van der Waals surface area contributed by atoms with Crippen LogP contribution in [0.5, 0.6) is 0 Å². The van der Waals surface area contributed by atoms with Crippen molar-refractivity contribution < 1.29 is 19.1 Å². The minimum absolute atomic E-state index is 0.0930. The molecule has 1 saturated heterocycles. The summed E-state index contributed by atoms with van der Waals surface area (Å²) in [6, 6.07) is 21.0. The molecule has 12 heteroatoms. The van der Waals surface area contributed by atoms with Crippen molar-refractivity contribution in [2.75, 3.05) is 47.4 Å². The third kappa shape index (κ3) is 7.86. The number of nitrogens with zero attached hydrogens (tertiary/aromatic N) is 5. The van der Waals surface area contributed by atoms with E-state index in [0.717, 1.165) is 75.3 Å². The van der Waals surface area contributed by atoms with Crippen LogP contribution in [0, 0.1) is 0 Å². The molecule has 1 atom stereocenters. The van der Waals surface area contributed by atoms with E-state index in [0.29, 0.717) is 26.2 Å². The number of amides is 3. The van der Waals surface area contributed by atoms with Gasteiger partial charge in [0, 0.05) is 18.7 Å². The summed E-state index contributed by atoms with van der Waals surface area (Å²) in [5, 5.41) is 4.72. The van der Waals surface area contributed by atoms with Crippen molar-refractivity contribution in [3.05, 3.63) is 84.7 Å². The second kappa shape index (κ2) is 15.4. The van der Waals surface area contributed by atoms with Crippen LogP contribution in [0.15, 0.2) is 73.1 Å². The summed E-state index contributed by atoms with van der Waals surface area (Å²) < 4.78 is 4.58. The number of ether oxygens (including phenoxy) is 1. The Hall–Kier alpha value is -5.49. The smallest absolute Gasteiger partial charge is 0.407 e. The van der Waals surface area contributed by atoms with E-state index in [1.807, 2.05) is 30.1 Å². The van der Waals surface area contributed by atoms with Crippen LogP contribution in [0.3, 0.4) is 0 Å². The molecule has 0 radical (unpaired) electrons. The topological polar surface area (TPSA) is 140 Å². The molecule has 0 unspecified atom stereocenters. The Balaban J connectivity index is 1.12. The van der Waals surface area contributed by atoms with Gasteiger partial charge in [-0.3, -0.25) is 9.59 Å². The molecule has 3 heterocycles. The molecule has 3 N–H and O–H groups in total. The first-order valence-electron chi connectivity index (χ1n) is 17.0. The summed E-state index contributed by atoms with van der Waals surface area (Å²) in [6.07, 6.45) is 5.58. The van der Waals surface area contributed by atoms with Gasteiger partial charge in [-0.15, -0.1) is 0 Å². The summed E-state index contributed by atoms with van der Waals surface area (Å²) in [5.41, 5.74) is 6.05. The van der Waals surface area contributed by atoms with Crippen molar-refractivity contribution in [1.82, 2.24) is 40.0 Å². The molecule has 1 aliphatic rings. The average molecular weight is 677 g/mol. The Bertz CT molecular complexity index is 1960. The molecule has 5 aromatic rings. The molecular weight excluding hydrogens is 632 g/mol. The number of rotatable bonds is 12. The van der Waals surface area contributed by atoms with Gasteiger partial charge in [0.1, 0.15) is 18.2 Å². The number of hydrogen-bond donors (Lipinski definition) is 3. The Morgan fingerprint density at radius 2 is 1.56 bits per heavy atom. The summed E-state index contributed by atoms with van der Waals surface area (Å²) >= 11 is 0. The first-order valence-corrected chi connectivity index (χ1v) is 17.0. The number of likely N-dealkylation sites (tertiary alicyclic amines) is 1. The Morgan fingerprint density at radius 1 is 0.900 bits per heavy atom. The van der Waals surface area contributed by atoms with E-state index in [-0.39, 0.29) is 24.4 Å². The minimum atomic E-state index is -0.628. The molecule has 0 bridgehead atoms. The van der Waals surface area contributed by atoms with Gasteiger partial charge in [0.15, 0.2) is 0 Å². The Kier molecular flexibility index (Phi) is 10.6. The van der Waals surface area contributed by atoms with Gasteiger partial charge in [0.05, 0.1) is 50.0 Å². The van der Waals surface area contributed by atoms with Gasteiger partial charge in [-0.2, -0.15) is 0 Å². The Labute approximate surface area is 291 Å². The van der Waals surface area contributed by atoms with E-state index >= 15 is 0 Å². The first-order chi connectivity index (χ1) is 24.2. The fourth-order valence-corrected chi connectivity index (χ4v) is 6.46. The van der Waals surface area contributed by atoms with Crippen molar-refractivity contribution in [2.45, 2.75) is 38.8 Å². The molecule has 0 saturated carbocycles. The molecule has 6 rings (SSSR count). The lowest BCUT2D eigenvalue weighted by molar-refractivity contribution is -0.132. The highest BCUT2D eigenvalue weighted by molar-refractivity contribution is 5.90. The predicted octanol–water partition coefficient (Wildman–Crippen LogP) is 5.61. The number of methoxy groups -OCH3 is 1. The van der Waals surface area contributed by atoms with Gasteiger partial charge in [-0.1, -0.05) is 55.5 Å². The highest BCUT2D eigenvalue weighted by atomic mass is 16.5. The standard InChI is InChI=1S/C38H44N8O4/c1-5-16-45(36(48)24-44(2)3)23-34-39-20-32(42-34)30-15-14-28-18-27(12-13-29(28)19-30)25-8-10-26(11-9-25)31-21-40-37(43-31)33-7-6-17-46(33)35(47)22-41-38(49)50-4/h8-15,18-21,33H,5-7,16-17,22-24H2,1-4H3,(H,39,42)(H,40,43)(H,41,49)/t33-/m0/s1. The number of fused-ring (bicyclic) bond motifs is 1. The van der Waals surface area contributed by atoms with Crippen LogP contribution in [0.2, 0.25) is 0 Å². The second-order valence-corrected chi connectivity index (χ2v) is 12.9. The largest absolute Gasteiger partial charge is 0.453 e. The molecule has 260 valence electrons. The van der Waals surface area contributed by atoms with Crippen LogP contribution in [0.25, 0.3) is 44.4 Å². The summed E-state index contributed by atoms with van der Waals surface area (Å²) in [4.78, 5) is 58.4. The predicted molar refractivity (Wildman–Crippen MR) is 193 cm³/mol. The van der Waals surface area contributed by atoms with E-state index in [2.05, 4.69) is 97.6 Å².